The van der Waals surface area contributed by atoms with Crippen molar-refractivity contribution in [1.29, 1.82) is 0 Å². The van der Waals surface area contributed by atoms with Crippen molar-refractivity contribution in [3.63, 3.8) is 0 Å². The predicted octanol–water partition coefficient (Wildman–Crippen LogP) is 2.00. The molecule has 0 saturated carbocycles. The number of carbonyl (C=O) groups is 2. The maximum absolute atomic E-state index is 13.8. The van der Waals surface area contributed by atoms with Gasteiger partial charge in [0, 0.05) is 25.4 Å². The molecule has 2 amide bonds. The third kappa shape index (κ3) is 4.57. The number of hydrogen-bond donors (Lipinski definition) is 1. The van der Waals surface area contributed by atoms with Gasteiger partial charge in [0.15, 0.2) is 0 Å². The lowest BCUT2D eigenvalue weighted by molar-refractivity contribution is -0.139. The zero-order chi connectivity index (χ0) is 18.5. The summed E-state index contributed by atoms with van der Waals surface area (Å²) in [7, 11) is 0. The lowest BCUT2D eigenvalue weighted by Crippen LogP contribution is -2.57. The molecule has 0 radical (unpaired) electrons. The molecule has 0 aliphatic carbocycles. The van der Waals surface area contributed by atoms with E-state index in [0.29, 0.717) is 37.4 Å². The summed E-state index contributed by atoms with van der Waals surface area (Å²) in [6.07, 6.45) is 2.30. The van der Waals surface area contributed by atoms with Gasteiger partial charge in [-0.25, -0.2) is 4.39 Å². The van der Waals surface area contributed by atoms with Crippen LogP contribution in [0.5, 0.6) is 0 Å². The monoisotopic (exact) mass is 380 g/mol. The lowest BCUT2D eigenvalue weighted by atomic mass is 10.1. The van der Waals surface area contributed by atoms with E-state index in [1.54, 1.807) is 23.1 Å². The van der Waals surface area contributed by atoms with E-state index >= 15 is 0 Å². The summed E-state index contributed by atoms with van der Waals surface area (Å²) < 4.78 is 19.4. The first-order valence-corrected chi connectivity index (χ1v) is 10.2. The van der Waals surface area contributed by atoms with Crippen LogP contribution in [-0.4, -0.2) is 59.6 Å². The fourth-order valence-electron chi connectivity index (χ4n) is 3.47. The molecule has 1 N–H and O–H groups in total. The van der Waals surface area contributed by atoms with Crippen molar-refractivity contribution in [2.75, 3.05) is 25.4 Å². The van der Waals surface area contributed by atoms with Crippen LogP contribution in [-0.2, 0) is 20.7 Å². The van der Waals surface area contributed by atoms with Crippen LogP contribution >= 0.6 is 11.8 Å². The average Bonchev–Trinajstić information content (AvgIpc) is 2.65. The summed E-state index contributed by atoms with van der Waals surface area (Å²) in [6.45, 7) is 3.88. The summed E-state index contributed by atoms with van der Waals surface area (Å²) >= 11 is 1.43. The van der Waals surface area contributed by atoms with Gasteiger partial charge in [0.05, 0.1) is 11.4 Å². The number of piperidine rings is 1. The molecule has 3 unspecified atom stereocenters. The molecule has 2 heterocycles. The van der Waals surface area contributed by atoms with E-state index in [0.717, 1.165) is 12.8 Å². The van der Waals surface area contributed by atoms with Crippen molar-refractivity contribution in [1.82, 2.24) is 10.2 Å². The normalized spacial score (nSPS) is 26.5. The Kier molecular flexibility index (Phi) is 6.53. The average molecular weight is 380 g/mol. The van der Waals surface area contributed by atoms with Crippen LogP contribution < -0.4 is 5.32 Å². The highest BCUT2D eigenvalue weighted by molar-refractivity contribution is 8.00. The molecular formula is C19H25FN2O3S. The molecule has 0 spiro atoms. The Morgan fingerprint density at radius 3 is 2.96 bits per heavy atom. The van der Waals surface area contributed by atoms with Gasteiger partial charge in [0.2, 0.25) is 11.8 Å². The number of amides is 2. The SMILES string of the molecule is CCOC1CCCN(C(=O)C2CSC(Cc3ccccc3F)C(=O)N2)C1. The Labute approximate surface area is 157 Å². The molecule has 26 heavy (non-hydrogen) atoms. The van der Waals surface area contributed by atoms with Crippen molar-refractivity contribution in [3.8, 4) is 0 Å². The van der Waals surface area contributed by atoms with Gasteiger partial charge in [0.1, 0.15) is 11.9 Å². The lowest BCUT2D eigenvalue weighted by Gasteiger charge is -2.36. The first kappa shape index (κ1) is 19.2. The predicted molar refractivity (Wildman–Crippen MR) is 99.5 cm³/mol. The van der Waals surface area contributed by atoms with Gasteiger partial charge in [-0.3, -0.25) is 9.59 Å². The molecule has 2 fully saturated rings. The minimum atomic E-state index is -0.509. The largest absolute Gasteiger partial charge is 0.377 e. The van der Waals surface area contributed by atoms with Gasteiger partial charge >= 0.3 is 0 Å². The number of rotatable bonds is 5. The van der Waals surface area contributed by atoms with Crippen molar-refractivity contribution in [2.45, 2.75) is 43.6 Å². The number of ether oxygens (including phenoxy) is 1. The van der Waals surface area contributed by atoms with E-state index in [1.165, 1.54) is 17.8 Å². The Hall–Kier alpha value is -1.60. The third-order valence-corrected chi connectivity index (χ3v) is 6.14. The molecule has 0 aromatic heterocycles. The molecule has 0 bridgehead atoms. The van der Waals surface area contributed by atoms with Gasteiger partial charge < -0.3 is 15.0 Å². The molecular weight excluding hydrogens is 355 g/mol. The third-order valence-electron chi connectivity index (χ3n) is 4.83. The summed E-state index contributed by atoms with van der Waals surface area (Å²) in [4.78, 5) is 27.0. The number of likely N-dealkylation sites (tertiary alicyclic amines) is 1. The first-order chi connectivity index (χ1) is 12.6. The van der Waals surface area contributed by atoms with E-state index in [1.807, 2.05) is 6.92 Å². The highest BCUT2D eigenvalue weighted by Gasteiger charge is 2.36. The molecule has 1 aromatic rings. The van der Waals surface area contributed by atoms with Crippen LogP contribution in [0.25, 0.3) is 0 Å². The highest BCUT2D eigenvalue weighted by Crippen LogP contribution is 2.24. The Balaban J connectivity index is 1.55. The standard InChI is InChI=1S/C19H25FN2O3S/c1-2-25-14-7-5-9-22(11-14)19(24)16-12-26-17(18(23)21-16)10-13-6-3-4-8-15(13)20/h3-4,6,8,14,16-17H,2,5,7,9-12H2,1H3,(H,21,23). The second kappa shape index (κ2) is 8.86. The van der Waals surface area contributed by atoms with E-state index in [2.05, 4.69) is 5.32 Å². The Bertz CT molecular complexity index is 655. The van der Waals surface area contributed by atoms with Crippen LogP contribution in [0.15, 0.2) is 24.3 Å². The number of nitrogens with zero attached hydrogens (tertiary/aromatic N) is 1. The smallest absolute Gasteiger partial charge is 0.246 e. The minimum absolute atomic E-state index is 0.0420. The van der Waals surface area contributed by atoms with E-state index in [9.17, 15) is 14.0 Å². The maximum atomic E-state index is 13.8. The van der Waals surface area contributed by atoms with E-state index in [4.69, 9.17) is 4.74 Å². The van der Waals surface area contributed by atoms with Crippen molar-refractivity contribution >= 4 is 23.6 Å². The molecule has 7 heteroatoms. The molecule has 142 valence electrons. The number of nitrogens with one attached hydrogen (secondary N) is 1. The van der Waals surface area contributed by atoms with Crippen molar-refractivity contribution in [3.05, 3.63) is 35.6 Å². The molecule has 5 nitrogen and oxygen atoms in total. The topological polar surface area (TPSA) is 58.6 Å². The molecule has 2 aliphatic rings. The van der Waals surface area contributed by atoms with Crippen molar-refractivity contribution in [2.24, 2.45) is 0 Å². The van der Waals surface area contributed by atoms with Gasteiger partial charge in [-0.1, -0.05) is 18.2 Å². The summed E-state index contributed by atoms with van der Waals surface area (Å²) in [5.74, 6) is -0.0188. The van der Waals surface area contributed by atoms with Gasteiger partial charge in [-0.05, 0) is 37.8 Å². The van der Waals surface area contributed by atoms with Crippen LogP contribution in [0.3, 0.4) is 0 Å². The molecule has 1 aromatic carbocycles. The Morgan fingerprint density at radius 2 is 2.23 bits per heavy atom. The quantitative estimate of drug-likeness (QED) is 0.849. The fraction of sp³-hybridized carbons (Fsp3) is 0.579. The van der Waals surface area contributed by atoms with Crippen LogP contribution in [0.1, 0.15) is 25.3 Å². The minimum Gasteiger partial charge on any atom is -0.377 e. The zero-order valence-corrected chi connectivity index (χ0v) is 15.8. The zero-order valence-electron chi connectivity index (χ0n) is 14.9. The second-order valence-corrected chi connectivity index (χ2v) is 7.92. The van der Waals surface area contributed by atoms with Gasteiger partial charge in [0.25, 0.3) is 0 Å². The number of thioether (sulfide) groups is 1. The number of benzene rings is 1. The number of halogens is 1. The summed E-state index contributed by atoms with van der Waals surface area (Å²) in [5, 5.41) is 2.47. The summed E-state index contributed by atoms with van der Waals surface area (Å²) in [5.41, 5.74) is 0.528. The number of carbonyl (C=O) groups excluding carboxylic acids is 2. The fourth-order valence-corrected chi connectivity index (χ4v) is 4.64. The van der Waals surface area contributed by atoms with Crippen molar-refractivity contribution < 1.29 is 18.7 Å². The van der Waals surface area contributed by atoms with Gasteiger partial charge in [-0.15, -0.1) is 11.8 Å². The number of hydrogen-bond acceptors (Lipinski definition) is 4. The highest BCUT2D eigenvalue weighted by atomic mass is 32.2. The maximum Gasteiger partial charge on any atom is 0.246 e. The Morgan fingerprint density at radius 1 is 1.42 bits per heavy atom. The van der Waals surface area contributed by atoms with Crippen LogP contribution in [0.2, 0.25) is 0 Å². The van der Waals surface area contributed by atoms with E-state index < -0.39 is 6.04 Å². The van der Waals surface area contributed by atoms with E-state index in [-0.39, 0.29) is 29.0 Å². The molecule has 2 aliphatic heterocycles. The molecule has 3 atom stereocenters. The van der Waals surface area contributed by atoms with Crippen LogP contribution in [0.4, 0.5) is 4.39 Å². The van der Waals surface area contributed by atoms with Gasteiger partial charge in [-0.2, -0.15) is 0 Å². The molecule has 2 saturated heterocycles. The van der Waals surface area contributed by atoms with Crippen LogP contribution in [0, 0.1) is 5.82 Å². The second-order valence-electron chi connectivity index (χ2n) is 6.68. The summed E-state index contributed by atoms with van der Waals surface area (Å²) in [6, 6.07) is 5.99. The molecule has 3 rings (SSSR count). The first-order valence-electron chi connectivity index (χ1n) is 9.14.